The number of piperazine rings is 1. The molecule has 0 unspecified atom stereocenters. The zero-order valence-electron chi connectivity index (χ0n) is 9.45. The SMILES string of the molecule is Brc1cccc2nc(CN3CCNCC3)oc12. The molecular formula is C12H14BrN3O. The first-order valence-corrected chi connectivity index (χ1v) is 6.59. The van der Waals surface area contributed by atoms with Gasteiger partial charge in [0.1, 0.15) is 5.52 Å². The number of halogens is 1. The van der Waals surface area contributed by atoms with E-state index >= 15 is 0 Å². The number of para-hydroxylation sites is 1. The summed E-state index contributed by atoms with van der Waals surface area (Å²) in [4.78, 5) is 6.87. The normalized spacial score (nSPS) is 17.7. The van der Waals surface area contributed by atoms with Gasteiger partial charge in [0, 0.05) is 26.2 Å². The molecule has 1 aromatic carbocycles. The summed E-state index contributed by atoms with van der Waals surface area (Å²) < 4.78 is 6.75. The Morgan fingerprint density at radius 1 is 1.35 bits per heavy atom. The standard InChI is InChI=1S/C12H14BrN3O/c13-9-2-1-3-10-12(9)17-11(15-10)8-16-6-4-14-5-7-16/h1-3,14H,4-8H2. The van der Waals surface area contributed by atoms with Crippen LogP contribution in [-0.2, 0) is 6.54 Å². The predicted molar refractivity (Wildman–Crippen MR) is 69.9 cm³/mol. The summed E-state index contributed by atoms with van der Waals surface area (Å²) in [6.07, 6.45) is 0. The maximum absolute atomic E-state index is 5.78. The highest BCUT2D eigenvalue weighted by Gasteiger charge is 2.14. The highest BCUT2D eigenvalue weighted by molar-refractivity contribution is 9.10. The predicted octanol–water partition coefficient (Wildman–Crippen LogP) is 2.00. The van der Waals surface area contributed by atoms with Crippen LogP contribution < -0.4 is 5.32 Å². The van der Waals surface area contributed by atoms with Gasteiger partial charge in [-0.25, -0.2) is 4.98 Å². The highest BCUT2D eigenvalue weighted by Crippen LogP contribution is 2.24. The first-order valence-electron chi connectivity index (χ1n) is 5.80. The van der Waals surface area contributed by atoms with Crippen molar-refractivity contribution in [1.82, 2.24) is 15.2 Å². The fourth-order valence-electron chi connectivity index (χ4n) is 2.09. The molecule has 4 nitrogen and oxygen atoms in total. The molecule has 17 heavy (non-hydrogen) atoms. The van der Waals surface area contributed by atoms with E-state index in [1.165, 1.54) is 0 Å². The molecule has 1 aliphatic heterocycles. The minimum atomic E-state index is 0.794. The molecule has 1 aromatic heterocycles. The Labute approximate surface area is 108 Å². The van der Waals surface area contributed by atoms with Crippen molar-refractivity contribution in [1.29, 1.82) is 0 Å². The molecule has 1 fully saturated rings. The molecule has 1 aliphatic rings. The second kappa shape index (κ2) is 4.76. The topological polar surface area (TPSA) is 41.3 Å². The first kappa shape index (κ1) is 11.2. The summed E-state index contributed by atoms with van der Waals surface area (Å²) in [5.74, 6) is 0.800. The van der Waals surface area contributed by atoms with Crippen LogP contribution >= 0.6 is 15.9 Å². The number of hydrogen-bond donors (Lipinski definition) is 1. The number of rotatable bonds is 2. The van der Waals surface area contributed by atoms with Crippen molar-refractivity contribution in [2.45, 2.75) is 6.54 Å². The number of hydrogen-bond acceptors (Lipinski definition) is 4. The molecule has 5 heteroatoms. The molecule has 0 atom stereocenters. The summed E-state index contributed by atoms with van der Waals surface area (Å²) in [7, 11) is 0. The van der Waals surface area contributed by atoms with Crippen molar-refractivity contribution in [3.63, 3.8) is 0 Å². The lowest BCUT2D eigenvalue weighted by Crippen LogP contribution is -2.42. The zero-order valence-corrected chi connectivity index (χ0v) is 11.0. The maximum Gasteiger partial charge on any atom is 0.209 e. The van der Waals surface area contributed by atoms with Crippen LogP contribution in [0.25, 0.3) is 11.1 Å². The van der Waals surface area contributed by atoms with E-state index in [1.54, 1.807) is 0 Å². The summed E-state index contributed by atoms with van der Waals surface area (Å²) in [5, 5.41) is 3.34. The number of nitrogens with one attached hydrogen (secondary N) is 1. The monoisotopic (exact) mass is 295 g/mol. The number of aromatic nitrogens is 1. The third-order valence-corrected chi connectivity index (χ3v) is 3.60. The van der Waals surface area contributed by atoms with E-state index in [0.717, 1.165) is 54.2 Å². The molecule has 1 N–H and O–H groups in total. The van der Waals surface area contributed by atoms with Crippen molar-refractivity contribution >= 4 is 27.0 Å². The van der Waals surface area contributed by atoms with Crippen LogP contribution in [0.2, 0.25) is 0 Å². The molecule has 0 radical (unpaired) electrons. The smallest absolute Gasteiger partial charge is 0.209 e. The van der Waals surface area contributed by atoms with Gasteiger partial charge in [-0.2, -0.15) is 0 Å². The van der Waals surface area contributed by atoms with Gasteiger partial charge in [-0.15, -0.1) is 0 Å². The lowest BCUT2D eigenvalue weighted by molar-refractivity contribution is 0.214. The fourth-order valence-corrected chi connectivity index (χ4v) is 2.53. The van der Waals surface area contributed by atoms with Gasteiger partial charge in [-0.3, -0.25) is 4.90 Å². The Hall–Kier alpha value is -0.910. The van der Waals surface area contributed by atoms with Gasteiger partial charge in [0.05, 0.1) is 11.0 Å². The molecular weight excluding hydrogens is 282 g/mol. The lowest BCUT2D eigenvalue weighted by atomic mass is 10.3. The van der Waals surface area contributed by atoms with E-state index in [0.29, 0.717) is 0 Å². The molecule has 3 rings (SSSR count). The van der Waals surface area contributed by atoms with Crippen molar-refractivity contribution in [2.75, 3.05) is 26.2 Å². The second-order valence-electron chi connectivity index (χ2n) is 4.22. The third kappa shape index (κ3) is 2.36. The van der Waals surface area contributed by atoms with E-state index < -0.39 is 0 Å². The Bertz CT molecular complexity index is 519. The Morgan fingerprint density at radius 3 is 2.94 bits per heavy atom. The van der Waals surface area contributed by atoms with Crippen LogP contribution in [0, 0.1) is 0 Å². The minimum absolute atomic E-state index is 0.794. The van der Waals surface area contributed by atoms with Gasteiger partial charge < -0.3 is 9.73 Å². The molecule has 0 saturated carbocycles. The van der Waals surface area contributed by atoms with Crippen molar-refractivity contribution < 1.29 is 4.42 Å². The largest absolute Gasteiger partial charge is 0.438 e. The van der Waals surface area contributed by atoms with Crippen LogP contribution in [0.15, 0.2) is 27.1 Å². The van der Waals surface area contributed by atoms with E-state index in [2.05, 4.69) is 31.1 Å². The molecule has 0 bridgehead atoms. The lowest BCUT2D eigenvalue weighted by Gasteiger charge is -2.25. The minimum Gasteiger partial charge on any atom is -0.438 e. The summed E-state index contributed by atoms with van der Waals surface area (Å²) in [5.41, 5.74) is 1.77. The quantitative estimate of drug-likeness (QED) is 0.920. The molecule has 0 amide bonds. The van der Waals surface area contributed by atoms with Crippen LogP contribution in [-0.4, -0.2) is 36.1 Å². The summed E-state index contributed by atoms with van der Waals surface area (Å²) >= 11 is 3.48. The van der Waals surface area contributed by atoms with E-state index in [9.17, 15) is 0 Å². The van der Waals surface area contributed by atoms with Crippen molar-refractivity contribution in [3.05, 3.63) is 28.6 Å². The van der Waals surface area contributed by atoms with Crippen LogP contribution in [0.5, 0.6) is 0 Å². The number of nitrogens with zero attached hydrogens (tertiary/aromatic N) is 2. The number of fused-ring (bicyclic) bond motifs is 1. The Kier molecular flexibility index (Phi) is 3.13. The van der Waals surface area contributed by atoms with E-state index in [-0.39, 0.29) is 0 Å². The van der Waals surface area contributed by atoms with Gasteiger partial charge >= 0.3 is 0 Å². The van der Waals surface area contributed by atoms with Crippen LogP contribution in [0.3, 0.4) is 0 Å². The highest BCUT2D eigenvalue weighted by atomic mass is 79.9. The first-order chi connectivity index (χ1) is 8.33. The Balaban J connectivity index is 1.83. The molecule has 1 saturated heterocycles. The van der Waals surface area contributed by atoms with Gasteiger partial charge in [-0.05, 0) is 28.1 Å². The molecule has 0 spiro atoms. The number of benzene rings is 1. The summed E-state index contributed by atoms with van der Waals surface area (Å²) in [6.45, 7) is 5.00. The van der Waals surface area contributed by atoms with Crippen LogP contribution in [0.4, 0.5) is 0 Å². The average molecular weight is 296 g/mol. The molecule has 2 aromatic rings. The van der Waals surface area contributed by atoms with Gasteiger partial charge in [-0.1, -0.05) is 6.07 Å². The van der Waals surface area contributed by atoms with Gasteiger partial charge in [0.15, 0.2) is 5.58 Å². The van der Waals surface area contributed by atoms with Crippen molar-refractivity contribution in [3.8, 4) is 0 Å². The zero-order chi connectivity index (χ0) is 11.7. The van der Waals surface area contributed by atoms with Gasteiger partial charge in [0.25, 0.3) is 0 Å². The van der Waals surface area contributed by atoms with E-state index in [1.807, 2.05) is 18.2 Å². The maximum atomic E-state index is 5.78. The fraction of sp³-hybridized carbons (Fsp3) is 0.417. The summed E-state index contributed by atoms with van der Waals surface area (Å²) in [6, 6.07) is 5.93. The Morgan fingerprint density at radius 2 is 2.18 bits per heavy atom. The molecule has 2 heterocycles. The van der Waals surface area contributed by atoms with E-state index in [4.69, 9.17) is 4.42 Å². The average Bonchev–Trinajstić information content (AvgIpc) is 2.74. The third-order valence-electron chi connectivity index (χ3n) is 2.98. The van der Waals surface area contributed by atoms with Crippen LogP contribution in [0.1, 0.15) is 5.89 Å². The van der Waals surface area contributed by atoms with Crippen molar-refractivity contribution in [2.24, 2.45) is 0 Å². The second-order valence-corrected chi connectivity index (χ2v) is 5.08. The molecule has 90 valence electrons. The number of oxazole rings is 1. The van der Waals surface area contributed by atoms with Gasteiger partial charge in [0.2, 0.25) is 5.89 Å². The molecule has 0 aliphatic carbocycles.